The van der Waals surface area contributed by atoms with Gasteiger partial charge in [-0.05, 0) is 85.2 Å². The third kappa shape index (κ3) is 3.68. The van der Waals surface area contributed by atoms with Crippen LogP contribution in [0, 0.1) is 0 Å². The maximum Gasteiger partial charge on any atom is 0.0541 e. The third-order valence-corrected chi connectivity index (χ3v) is 10.7. The summed E-state index contributed by atoms with van der Waals surface area (Å²) in [6, 6.07) is 60.2. The fourth-order valence-electron chi connectivity index (χ4n) is 7.62. The van der Waals surface area contributed by atoms with E-state index in [-0.39, 0.29) is 0 Å². The number of thiophene rings is 1. The van der Waals surface area contributed by atoms with Gasteiger partial charge in [0.25, 0.3) is 0 Å². The molecule has 2 aromatic heterocycles. The van der Waals surface area contributed by atoms with E-state index >= 15 is 0 Å². The van der Waals surface area contributed by atoms with E-state index in [1.54, 1.807) is 0 Å². The molecule has 0 aliphatic rings. The lowest BCUT2D eigenvalue weighted by Gasteiger charge is -2.18. The molecule has 0 aliphatic heterocycles. The lowest BCUT2D eigenvalue weighted by atomic mass is 9.86. The molecule has 2 heterocycles. The Morgan fingerprint density at radius 1 is 0.370 bits per heavy atom. The Labute approximate surface area is 270 Å². The molecule has 214 valence electrons. The Kier molecular flexibility index (Phi) is 5.51. The number of fused-ring (bicyclic) bond motifs is 7. The zero-order chi connectivity index (χ0) is 30.2. The van der Waals surface area contributed by atoms with Gasteiger partial charge in [0.05, 0.1) is 11.0 Å². The van der Waals surface area contributed by atoms with Gasteiger partial charge in [-0.25, -0.2) is 0 Å². The molecule has 0 amide bonds. The molecule has 10 rings (SSSR count). The van der Waals surface area contributed by atoms with Crippen LogP contribution in [0.3, 0.4) is 0 Å². The monoisotopic (exact) mass is 601 g/mol. The van der Waals surface area contributed by atoms with Gasteiger partial charge in [-0.3, -0.25) is 0 Å². The molecule has 0 N–H and O–H groups in total. The number of nitrogens with zero attached hydrogens (tertiary/aromatic N) is 1. The molecular formula is C44H27NS. The van der Waals surface area contributed by atoms with Gasteiger partial charge in [0.1, 0.15) is 0 Å². The molecule has 46 heavy (non-hydrogen) atoms. The van der Waals surface area contributed by atoms with Crippen molar-refractivity contribution < 1.29 is 0 Å². The van der Waals surface area contributed by atoms with Crippen molar-refractivity contribution in [1.29, 1.82) is 0 Å². The summed E-state index contributed by atoms with van der Waals surface area (Å²) >= 11 is 1.89. The Morgan fingerprint density at radius 2 is 0.891 bits per heavy atom. The average molecular weight is 602 g/mol. The second-order valence-corrected chi connectivity index (χ2v) is 13.2. The molecule has 0 unspecified atom stereocenters. The van der Waals surface area contributed by atoms with Crippen LogP contribution in [0.25, 0.3) is 91.5 Å². The van der Waals surface area contributed by atoms with Gasteiger partial charge in [0.15, 0.2) is 0 Å². The van der Waals surface area contributed by atoms with Crippen LogP contribution in [0.4, 0.5) is 0 Å². The lowest BCUT2D eigenvalue weighted by Crippen LogP contribution is -1.92. The molecule has 0 bridgehead atoms. The van der Waals surface area contributed by atoms with Gasteiger partial charge in [0, 0.05) is 31.6 Å². The summed E-state index contributed by atoms with van der Waals surface area (Å²) in [6.45, 7) is 0. The van der Waals surface area contributed by atoms with Crippen LogP contribution >= 0.6 is 11.3 Å². The normalized spacial score (nSPS) is 11.9. The molecule has 0 atom stereocenters. The average Bonchev–Trinajstić information content (AvgIpc) is 3.69. The highest BCUT2D eigenvalue weighted by molar-refractivity contribution is 7.22. The summed E-state index contributed by atoms with van der Waals surface area (Å²) in [6.07, 6.45) is 0. The smallest absolute Gasteiger partial charge is 0.0541 e. The van der Waals surface area contributed by atoms with Crippen LogP contribution in [0.1, 0.15) is 0 Å². The Morgan fingerprint density at radius 3 is 1.54 bits per heavy atom. The number of aromatic nitrogens is 1. The number of rotatable bonds is 3. The van der Waals surface area contributed by atoms with E-state index in [9.17, 15) is 0 Å². The zero-order valence-electron chi connectivity index (χ0n) is 24.9. The predicted molar refractivity (Wildman–Crippen MR) is 200 cm³/mol. The molecule has 0 radical (unpaired) electrons. The van der Waals surface area contributed by atoms with Crippen molar-refractivity contribution in [1.82, 2.24) is 4.57 Å². The van der Waals surface area contributed by atoms with E-state index in [2.05, 4.69) is 168 Å². The first-order valence-electron chi connectivity index (χ1n) is 15.8. The number of hydrogen-bond acceptors (Lipinski definition) is 1. The van der Waals surface area contributed by atoms with Crippen molar-refractivity contribution in [3.8, 4) is 27.3 Å². The van der Waals surface area contributed by atoms with E-state index in [0.29, 0.717) is 0 Å². The summed E-state index contributed by atoms with van der Waals surface area (Å²) in [5.74, 6) is 0. The molecular weight excluding hydrogens is 575 g/mol. The Hall–Kier alpha value is -5.70. The summed E-state index contributed by atoms with van der Waals surface area (Å²) in [7, 11) is 0. The van der Waals surface area contributed by atoms with E-state index < -0.39 is 0 Å². The number of hydrogen-bond donors (Lipinski definition) is 0. The predicted octanol–water partition coefficient (Wildman–Crippen LogP) is 12.8. The van der Waals surface area contributed by atoms with Crippen molar-refractivity contribution in [3.05, 3.63) is 164 Å². The number of benzene rings is 8. The largest absolute Gasteiger partial charge is 0.309 e. The SMILES string of the molecule is c1ccc2c(-c3c4ccccc4c(-c4cc5cc(-n6c7ccccc7c7ccccc76)ccc5s4)c4ccccc34)cccc2c1. The maximum absolute atomic E-state index is 2.41. The minimum absolute atomic E-state index is 1.19. The second-order valence-electron chi connectivity index (χ2n) is 12.1. The van der Waals surface area contributed by atoms with Crippen LogP contribution in [0.5, 0.6) is 0 Å². The van der Waals surface area contributed by atoms with Gasteiger partial charge >= 0.3 is 0 Å². The van der Waals surface area contributed by atoms with E-state index in [4.69, 9.17) is 0 Å². The quantitative estimate of drug-likeness (QED) is 0.178. The van der Waals surface area contributed by atoms with E-state index in [1.807, 2.05) is 11.3 Å². The van der Waals surface area contributed by atoms with Crippen molar-refractivity contribution in [2.75, 3.05) is 0 Å². The minimum Gasteiger partial charge on any atom is -0.309 e. The van der Waals surface area contributed by atoms with Crippen LogP contribution in [0.15, 0.2) is 164 Å². The van der Waals surface area contributed by atoms with Crippen molar-refractivity contribution >= 4 is 75.5 Å². The first-order chi connectivity index (χ1) is 22.8. The highest BCUT2D eigenvalue weighted by Gasteiger charge is 2.19. The first-order valence-corrected chi connectivity index (χ1v) is 16.6. The number of para-hydroxylation sites is 2. The summed E-state index contributed by atoms with van der Waals surface area (Å²) in [5, 5.41) is 11.5. The highest BCUT2D eigenvalue weighted by atomic mass is 32.1. The van der Waals surface area contributed by atoms with Crippen molar-refractivity contribution in [2.24, 2.45) is 0 Å². The third-order valence-electron chi connectivity index (χ3n) is 9.58. The van der Waals surface area contributed by atoms with Gasteiger partial charge in [-0.1, -0.05) is 127 Å². The lowest BCUT2D eigenvalue weighted by molar-refractivity contribution is 1.19. The van der Waals surface area contributed by atoms with Crippen LogP contribution in [-0.2, 0) is 0 Å². The van der Waals surface area contributed by atoms with Crippen LogP contribution in [0.2, 0.25) is 0 Å². The fourth-order valence-corrected chi connectivity index (χ4v) is 8.74. The first kappa shape index (κ1) is 25.6. The topological polar surface area (TPSA) is 4.93 Å². The van der Waals surface area contributed by atoms with Crippen molar-refractivity contribution in [3.63, 3.8) is 0 Å². The summed E-state index contributed by atoms with van der Waals surface area (Å²) in [4.78, 5) is 1.30. The van der Waals surface area contributed by atoms with Crippen LogP contribution in [-0.4, -0.2) is 4.57 Å². The molecule has 10 aromatic rings. The molecule has 0 spiro atoms. The van der Waals surface area contributed by atoms with Gasteiger partial charge in [0.2, 0.25) is 0 Å². The van der Waals surface area contributed by atoms with Crippen LogP contribution < -0.4 is 0 Å². The maximum atomic E-state index is 2.41. The fraction of sp³-hybridized carbons (Fsp3) is 0. The molecule has 0 aliphatic carbocycles. The van der Waals surface area contributed by atoms with Gasteiger partial charge < -0.3 is 4.57 Å². The molecule has 2 heteroatoms. The Balaban J connectivity index is 1.23. The molecule has 0 fully saturated rings. The zero-order valence-corrected chi connectivity index (χ0v) is 25.8. The molecule has 0 saturated heterocycles. The van der Waals surface area contributed by atoms with E-state index in [0.717, 1.165) is 0 Å². The van der Waals surface area contributed by atoms with E-state index in [1.165, 1.54) is 91.5 Å². The Bertz CT molecular complexity index is 2700. The van der Waals surface area contributed by atoms with Gasteiger partial charge in [-0.2, -0.15) is 0 Å². The molecule has 1 nitrogen and oxygen atoms in total. The molecule has 8 aromatic carbocycles. The second kappa shape index (κ2) is 9.90. The minimum atomic E-state index is 1.19. The van der Waals surface area contributed by atoms with Gasteiger partial charge in [-0.15, -0.1) is 11.3 Å². The summed E-state index contributed by atoms with van der Waals surface area (Å²) in [5.41, 5.74) is 7.56. The van der Waals surface area contributed by atoms with Crippen molar-refractivity contribution in [2.45, 2.75) is 0 Å². The standard InChI is InChI=1S/C44H27NS/c1-2-14-31-28(12-1)13-11-21-34(31)43-35-17-3-5-19-37(35)44(38-20-6-4-18-36(38)43)42-27-29-26-30(24-25-41(29)46-42)45-39-22-9-7-15-32(39)33-16-8-10-23-40(33)45/h1-27H. The molecule has 0 saturated carbocycles. The highest BCUT2D eigenvalue weighted by Crippen LogP contribution is 2.47. The summed E-state index contributed by atoms with van der Waals surface area (Å²) < 4.78 is 3.71.